The number of carbonyl (C=O) groups excluding carboxylic acids is 1. The minimum atomic E-state index is 0.381. The second kappa shape index (κ2) is 8.52. The van der Waals surface area contributed by atoms with Crippen LogP contribution in [0.15, 0.2) is 0 Å². The van der Waals surface area contributed by atoms with Crippen molar-refractivity contribution in [3.8, 4) is 0 Å². The van der Waals surface area contributed by atoms with Crippen LogP contribution >= 0.6 is 23.5 Å². The smallest absolute Gasteiger partial charge is 0.246 e. The van der Waals surface area contributed by atoms with Gasteiger partial charge < -0.3 is 0 Å². The molecule has 0 aromatic rings. The van der Waals surface area contributed by atoms with Crippen LogP contribution in [0.4, 0.5) is 4.79 Å². The summed E-state index contributed by atoms with van der Waals surface area (Å²) < 4.78 is 0.381. The molecule has 3 heteroatoms. The van der Waals surface area contributed by atoms with Crippen LogP contribution < -0.4 is 0 Å². The number of hydrogen-bond acceptors (Lipinski definition) is 3. The molecule has 0 aromatic carbocycles. The molecule has 104 valence electrons. The highest BCUT2D eigenvalue weighted by atomic mass is 32.2. The second-order valence-corrected chi connectivity index (χ2v) is 8.12. The Hall–Kier alpha value is 0.370. The molecular weight excluding hydrogens is 260 g/mol. The number of rotatable bonds is 4. The number of hydrogen-bond donors (Lipinski definition) is 0. The van der Waals surface area contributed by atoms with Crippen LogP contribution in [0.5, 0.6) is 0 Å². The number of thioether (sulfide) groups is 2. The largest absolute Gasteiger partial charge is 0.274 e. The minimum absolute atomic E-state index is 0.381. The van der Waals surface area contributed by atoms with Gasteiger partial charge in [-0.1, -0.05) is 62.0 Å². The fourth-order valence-corrected chi connectivity index (χ4v) is 5.27. The molecule has 0 spiro atoms. The van der Waals surface area contributed by atoms with Gasteiger partial charge >= 0.3 is 0 Å². The molecule has 2 aliphatic carbocycles. The van der Waals surface area contributed by atoms with Crippen molar-refractivity contribution in [2.75, 3.05) is 11.5 Å². The van der Waals surface area contributed by atoms with E-state index in [9.17, 15) is 4.79 Å². The Kier molecular flexibility index (Phi) is 6.99. The van der Waals surface area contributed by atoms with Gasteiger partial charge in [0.1, 0.15) is 0 Å². The van der Waals surface area contributed by atoms with E-state index in [0.717, 1.165) is 23.3 Å². The average molecular weight is 287 g/mol. The lowest BCUT2D eigenvalue weighted by molar-refractivity contribution is 0.276. The minimum Gasteiger partial charge on any atom is -0.274 e. The van der Waals surface area contributed by atoms with Gasteiger partial charge in [-0.15, -0.1) is 0 Å². The van der Waals surface area contributed by atoms with Crippen LogP contribution in [0, 0.1) is 11.8 Å². The Morgan fingerprint density at radius 3 is 1.50 bits per heavy atom. The zero-order valence-electron chi connectivity index (χ0n) is 11.4. The van der Waals surface area contributed by atoms with Crippen molar-refractivity contribution in [2.24, 2.45) is 11.8 Å². The SMILES string of the molecule is O=C(SCC1CCCCC1)SCC1CCCCC1. The third kappa shape index (κ3) is 5.56. The zero-order valence-corrected chi connectivity index (χ0v) is 13.0. The topological polar surface area (TPSA) is 17.1 Å². The molecule has 0 aliphatic heterocycles. The van der Waals surface area contributed by atoms with Gasteiger partial charge in [0.15, 0.2) is 0 Å². The normalized spacial score (nSPS) is 23.1. The summed E-state index contributed by atoms with van der Waals surface area (Å²) in [6.45, 7) is 0. The summed E-state index contributed by atoms with van der Waals surface area (Å²) in [5, 5.41) is 0. The maximum absolute atomic E-state index is 11.9. The molecule has 0 amide bonds. The first-order valence-electron chi connectivity index (χ1n) is 7.64. The summed E-state index contributed by atoms with van der Waals surface area (Å²) in [5.74, 6) is 3.80. The molecule has 0 saturated heterocycles. The molecule has 2 saturated carbocycles. The molecular formula is C15H26OS2. The van der Waals surface area contributed by atoms with Gasteiger partial charge in [-0.3, -0.25) is 4.79 Å². The predicted molar refractivity (Wildman–Crippen MR) is 83.5 cm³/mol. The van der Waals surface area contributed by atoms with E-state index in [0.29, 0.717) is 4.45 Å². The van der Waals surface area contributed by atoms with Crippen LogP contribution in [0.2, 0.25) is 0 Å². The summed E-state index contributed by atoms with van der Waals surface area (Å²) in [4.78, 5) is 11.9. The van der Waals surface area contributed by atoms with Crippen molar-refractivity contribution < 1.29 is 4.79 Å². The van der Waals surface area contributed by atoms with Gasteiger partial charge in [-0.2, -0.15) is 0 Å². The molecule has 0 heterocycles. The molecule has 18 heavy (non-hydrogen) atoms. The first kappa shape index (κ1) is 14.8. The molecule has 0 aromatic heterocycles. The van der Waals surface area contributed by atoms with Crippen LogP contribution in [-0.4, -0.2) is 16.0 Å². The number of carbonyl (C=O) groups is 1. The highest BCUT2D eigenvalue weighted by molar-refractivity contribution is 8.38. The van der Waals surface area contributed by atoms with Gasteiger partial charge in [0.05, 0.1) is 0 Å². The van der Waals surface area contributed by atoms with E-state index in [1.165, 1.54) is 64.2 Å². The monoisotopic (exact) mass is 286 g/mol. The van der Waals surface area contributed by atoms with Crippen LogP contribution in [0.25, 0.3) is 0 Å². The Bertz CT molecular complexity index is 219. The van der Waals surface area contributed by atoms with E-state index in [-0.39, 0.29) is 0 Å². The molecule has 2 fully saturated rings. The van der Waals surface area contributed by atoms with E-state index < -0.39 is 0 Å². The summed E-state index contributed by atoms with van der Waals surface area (Å²) in [5.41, 5.74) is 0. The van der Waals surface area contributed by atoms with Gasteiger partial charge in [-0.05, 0) is 37.5 Å². The Morgan fingerprint density at radius 1 is 0.722 bits per heavy atom. The quantitative estimate of drug-likeness (QED) is 0.656. The molecule has 0 bridgehead atoms. The van der Waals surface area contributed by atoms with Crippen molar-refractivity contribution in [1.29, 1.82) is 0 Å². The summed E-state index contributed by atoms with van der Waals surface area (Å²) in [6, 6.07) is 0. The van der Waals surface area contributed by atoms with E-state index in [4.69, 9.17) is 0 Å². The van der Waals surface area contributed by atoms with Crippen molar-refractivity contribution >= 4 is 28.0 Å². The van der Waals surface area contributed by atoms with Crippen molar-refractivity contribution in [1.82, 2.24) is 0 Å². The molecule has 0 radical (unpaired) electrons. The summed E-state index contributed by atoms with van der Waals surface area (Å²) in [7, 11) is 0. The predicted octanol–water partition coefficient (Wildman–Crippen LogP) is 5.73. The highest BCUT2D eigenvalue weighted by Crippen LogP contribution is 2.31. The summed E-state index contributed by atoms with van der Waals surface area (Å²) >= 11 is 3.19. The molecule has 0 atom stereocenters. The third-order valence-electron chi connectivity index (χ3n) is 4.32. The highest BCUT2D eigenvalue weighted by Gasteiger charge is 2.18. The fourth-order valence-electron chi connectivity index (χ4n) is 3.12. The Morgan fingerprint density at radius 2 is 1.11 bits per heavy atom. The molecule has 2 aliphatic rings. The van der Waals surface area contributed by atoms with Crippen LogP contribution in [-0.2, 0) is 0 Å². The van der Waals surface area contributed by atoms with Crippen LogP contribution in [0.3, 0.4) is 0 Å². The zero-order chi connectivity index (χ0) is 12.6. The Balaban J connectivity index is 1.54. The first-order valence-corrected chi connectivity index (χ1v) is 9.61. The molecule has 2 rings (SSSR count). The Labute approximate surface area is 120 Å². The van der Waals surface area contributed by atoms with Crippen molar-refractivity contribution in [2.45, 2.75) is 64.2 Å². The lowest BCUT2D eigenvalue weighted by atomic mass is 9.91. The van der Waals surface area contributed by atoms with E-state index in [1.807, 2.05) is 0 Å². The molecule has 0 unspecified atom stereocenters. The van der Waals surface area contributed by atoms with E-state index in [1.54, 1.807) is 23.5 Å². The van der Waals surface area contributed by atoms with Gasteiger partial charge in [0, 0.05) is 11.5 Å². The average Bonchev–Trinajstić information content (AvgIpc) is 2.45. The van der Waals surface area contributed by atoms with Crippen molar-refractivity contribution in [3.05, 3.63) is 0 Å². The standard InChI is InChI=1S/C15H26OS2/c16-15(17-11-13-7-3-1-4-8-13)18-12-14-9-5-2-6-10-14/h13-14H,1-12H2. The first-order chi connectivity index (χ1) is 8.84. The van der Waals surface area contributed by atoms with Gasteiger partial charge in [0.2, 0.25) is 4.45 Å². The maximum atomic E-state index is 11.9. The second-order valence-electron chi connectivity index (χ2n) is 5.88. The fraction of sp³-hybridized carbons (Fsp3) is 0.933. The lowest BCUT2D eigenvalue weighted by Gasteiger charge is -2.21. The maximum Gasteiger partial charge on any atom is 0.246 e. The van der Waals surface area contributed by atoms with E-state index >= 15 is 0 Å². The summed E-state index contributed by atoms with van der Waals surface area (Å²) in [6.07, 6.45) is 13.8. The van der Waals surface area contributed by atoms with Gasteiger partial charge in [-0.25, -0.2) is 0 Å². The molecule has 1 nitrogen and oxygen atoms in total. The van der Waals surface area contributed by atoms with Crippen LogP contribution in [0.1, 0.15) is 64.2 Å². The van der Waals surface area contributed by atoms with Gasteiger partial charge in [0.25, 0.3) is 0 Å². The third-order valence-corrected chi connectivity index (χ3v) is 6.78. The lowest BCUT2D eigenvalue weighted by Crippen LogP contribution is -2.11. The van der Waals surface area contributed by atoms with E-state index in [2.05, 4.69) is 0 Å². The molecule has 0 N–H and O–H groups in total. The van der Waals surface area contributed by atoms with Crippen molar-refractivity contribution in [3.63, 3.8) is 0 Å².